The number of nitrogens with zero attached hydrogens (tertiary/aromatic N) is 3. The quantitative estimate of drug-likeness (QED) is 0.764. The first-order chi connectivity index (χ1) is 11.8. The van der Waals surface area contributed by atoms with Crippen molar-refractivity contribution in [1.82, 2.24) is 14.6 Å². The summed E-state index contributed by atoms with van der Waals surface area (Å²) in [4.78, 5) is 7.84. The molecule has 0 unspecified atom stereocenters. The summed E-state index contributed by atoms with van der Waals surface area (Å²) in [7, 11) is 0. The van der Waals surface area contributed by atoms with E-state index in [1.807, 2.05) is 13.0 Å². The van der Waals surface area contributed by atoms with E-state index in [4.69, 9.17) is 0 Å². The summed E-state index contributed by atoms with van der Waals surface area (Å²) in [5.41, 5.74) is 1.25. The number of aryl methyl sites for hydroxylation is 1. The van der Waals surface area contributed by atoms with Crippen LogP contribution in [0.2, 0.25) is 0 Å². The van der Waals surface area contributed by atoms with Crippen LogP contribution in [0.3, 0.4) is 0 Å². The zero-order valence-electron chi connectivity index (χ0n) is 13.9. The molecule has 24 heavy (non-hydrogen) atoms. The predicted molar refractivity (Wildman–Crippen MR) is 94.7 cm³/mol. The van der Waals surface area contributed by atoms with Gasteiger partial charge in [-0.25, -0.2) is 4.98 Å². The van der Waals surface area contributed by atoms with Crippen LogP contribution in [-0.4, -0.2) is 32.8 Å². The first-order valence-electron chi connectivity index (χ1n) is 8.74. The summed E-state index contributed by atoms with van der Waals surface area (Å²) in [5.74, 6) is 1.04. The number of aromatic hydroxyl groups is 1. The van der Waals surface area contributed by atoms with Crippen LogP contribution >= 0.6 is 11.3 Å². The molecule has 1 saturated heterocycles. The van der Waals surface area contributed by atoms with Crippen LogP contribution in [0, 0.1) is 0 Å². The lowest BCUT2D eigenvalue weighted by atomic mass is 10.0. The van der Waals surface area contributed by atoms with Gasteiger partial charge in [0.1, 0.15) is 4.88 Å². The normalized spacial score (nSPS) is 17.4. The second-order valence-corrected chi connectivity index (χ2v) is 7.44. The van der Waals surface area contributed by atoms with Crippen LogP contribution in [0.15, 0.2) is 30.3 Å². The van der Waals surface area contributed by atoms with Crippen LogP contribution in [0.25, 0.3) is 4.96 Å². The molecule has 0 radical (unpaired) electrons. The molecule has 1 fully saturated rings. The van der Waals surface area contributed by atoms with Gasteiger partial charge < -0.3 is 10.0 Å². The maximum Gasteiger partial charge on any atom is 0.235 e. The monoisotopic (exact) mass is 343 g/mol. The average Bonchev–Trinajstić information content (AvgIpc) is 3.17. The van der Waals surface area contributed by atoms with E-state index in [1.54, 1.807) is 15.9 Å². The smallest absolute Gasteiger partial charge is 0.235 e. The Hall–Kier alpha value is -1.92. The van der Waals surface area contributed by atoms with E-state index >= 15 is 0 Å². The van der Waals surface area contributed by atoms with Crippen molar-refractivity contribution in [3.63, 3.8) is 0 Å². The van der Waals surface area contributed by atoms with E-state index in [2.05, 4.69) is 34.3 Å². The maximum absolute atomic E-state index is 10.8. The van der Waals surface area contributed by atoms with Gasteiger partial charge in [-0.2, -0.15) is 4.52 Å². The molecule has 3 heterocycles. The Morgan fingerprint density at radius 3 is 2.62 bits per heavy atom. The van der Waals surface area contributed by atoms with Gasteiger partial charge >= 0.3 is 0 Å². The first kappa shape index (κ1) is 15.6. The largest absolute Gasteiger partial charge is 0.492 e. The molecule has 1 aliphatic heterocycles. The molecule has 1 aromatic carbocycles. The van der Waals surface area contributed by atoms with Gasteiger partial charge in [-0.3, -0.25) is 0 Å². The highest BCUT2D eigenvalue weighted by atomic mass is 32.1. The number of hydrogen-bond acceptors (Lipinski definition) is 4. The third-order valence-electron chi connectivity index (χ3n) is 4.86. The molecule has 5 nitrogen and oxygen atoms in total. The molecule has 6 heteroatoms. The Balaban J connectivity index is 1.80. The molecule has 4 rings (SSSR count). The van der Waals surface area contributed by atoms with Gasteiger partial charge in [0.05, 0.1) is 13.1 Å². The second-order valence-electron chi connectivity index (χ2n) is 6.43. The second kappa shape index (κ2) is 6.53. The van der Waals surface area contributed by atoms with E-state index in [1.165, 1.54) is 29.7 Å². The predicted octanol–water partition coefficient (Wildman–Crippen LogP) is 2.22. The first-order valence-corrected chi connectivity index (χ1v) is 9.56. The van der Waals surface area contributed by atoms with E-state index in [9.17, 15) is 5.11 Å². The molecule has 3 aromatic rings. The van der Waals surface area contributed by atoms with Crippen molar-refractivity contribution in [3.05, 3.63) is 46.6 Å². The SMILES string of the molecule is CCc1nc2sc([C@@H](c3ccccc3)[NH+]3CCCCC3)c(O)n2n1. The fourth-order valence-electron chi connectivity index (χ4n) is 3.64. The molecular formula is C18H23N4OS+. The minimum absolute atomic E-state index is 0.157. The maximum atomic E-state index is 10.8. The van der Waals surface area contributed by atoms with Crippen LogP contribution in [-0.2, 0) is 6.42 Å². The van der Waals surface area contributed by atoms with Gasteiger partial charge in [0, 0.05) is 12.0 Å². The summed E-state index contributed by atoms with van der Waals surface area (Å²) < 4.78 is 1.61. The third kappa shape index (κ3) is 2.70. The number of quaternary nitrogens is 1. The highest BCUT2D eigenvalue weighted by molar-refractivity contribution is 7.17. The number of hydrogen-bond donors (Lipinski definition) is 2. The third-order valence-corrected chi connectivity index (χ3v) is 5.94. The van der Waals surface area contributed by atoms with E-state index in [0.717, 1.165) is 35.2 Å². The lowest BCUT2D eigenvalue weighted by Crippen LogP contribution is -3.13. The topological polar surface area (TPSA) is 54.9 Å². The van der Waals surface area contributed by atoms with Gasteiger partial charge in [-0.05, 0) is 19.3 Å². The lowest BCUT2D eigenvalue weighted by molar-refractivity contribution is -0.929. The molecule has 0 spiro atoms. The summed E-state index contributed by atoms with van der Waals surface area (Å²) in [6, 6.07) is 10.7. The van der Waals surface area contributed by atoms with Crippen molar-refractivity contribution in [2.45, 2.75) is 38.6 Å². The molecule has 0 amide bonds. The molecule has 2 N–H and O–H groups in total. The number of likely N-dealkylation sites (tertiary alicyclic amines) is 1. The van der Waals surface area contributed by atoms with E-state index in [0.29, 0.717) is 0 Å². The fraction of sp³-hybridized carbons (Fsp3) is 0.444. The molecular weight excluding hydrogens is 320 g/mol. The molecule has 0 aliphatic carbocycles. The highest BCUT2D eigenvalue weighted by Crippen LogP contribution is 2.35. The lowest BCUT2D eigenvalue weighted by Gasteiger charge is -2.31. The van der Waals surface area contributed by atoms with Crippen molar-refractivity contribution in [3.8, 4) is 5.88 Å². The zero-order valence-corrected chi connectivity index (χ0v) is 14.7. The molecule has 1 atom stereocenters. The summed E-state index contributed by atoms with van der Waals surface area (Å²) in [6.07, 6.45) is 4.59. The van der Waals surface area contributed by atoms with Crippen molar-refractivity contribution < 1.29 is 10.0 Å². The molecule has 126 valence electrons. The Morgan fingerprint density at radius 2 is 1.96 bits per heavy atom. The minimum Gasteiger partial charge on any atom is -0.492 e. The number of fused-ring (bicyclic) bond motifs is 1. The summed E-state index contributed by atoms with van der Waals surface area (Å²) >= 11 is 1.58. The van der Waals surface area contributed by atoms with Crippen LogP contribution in [0.1, 0.15) is 48.5 Å². The number of nitrogens with one attached hydrogen (secondary N) is 1. The number of aromatic nitrogens is 3. The Kier molecular flexibility index (Phi) is 4.24. The van der Waals surface area contributed by atoms with Gasteiger partial charge in [0.15, 0.2) is 11.9 Å². The van der Waals surface area contributed by atoms with Crippen LogP contribution in [0.4, 0.5) is 0 Å². The van der Waals surface area contributed by atoms with Crippen molar-refractivity contribution in [2.24, 2.45) is 0 Å². The van der Waals surface area contributed by atoms with Crippen molar-refractivity contribution >= 4 is 16.3 Å². The van der Waals surface area contributed by atoms with Crippen molar-refractivity contribution in [2.75, 3.05) is 13.1 Å². The molecule has 1 aliphatic rings. The highest BCUT2D eigenvalue weighted by Gasteiger charge is 2.33. The van der Waals surface area contributed by atoms with Gasteiger partial charge in [0.25, 0.3) is 0 Å². The molecule has 0 bridgehead atoms. The summed E-state index contributed by atoms with van der Waals surface area (Å²) in [6.45, 7) is 4.32. The fourth-order valence-corrected chi connectivity index (χ4v) is 4.80. The minimum atomic E-state index is 0.157. The van der Waals surface area contributed by atoms with Gasteiger partial charge in [0.2, 0.25) is 10.8 Å². The van der Waals surface area contributed by atoms with E-state index in [-0.39, 0.29) is 11.9 Å². The molecule has 2 aromatic heterocycles. The number of rotatable bonds is 4. The van der Waals surface area contributed by atoms with E-state index < -0.39 is 0 Å². The molecule has 0 saturated carbocycles. The Labute approximate surface area is 145 Å². The number of piperidine rings is 1. The summed E-state index contributed by atoms with van der Waals surface area (Å²) in [5, 5.41) is 15.2. The van der Waals surface area contributed by atoms with Crippen LogP contribution in [0.5, 0.6) is 5.88 Å². The number of benzene rings is 1. The van der Waals surface area contributed by atoms with Crippen molar-refractivity contribution in [1.29, 1.82) is 0 Å². The van der Waals surface area contributed by atoms with Gasteiger partial charge in [-0.1, -0.05) is 48.6 Å². The standard InChI is InChI=1S/C18H22N4OS/c1-2-14-19-18-22(20-14)17(23)16(24-18)15(13-9-5-3-6-10-13)21-11-7-4-8-12-21/h3,5-6,9-10,15,23H,2,4,7-8,11-12H2,1H3/p+1/t15-/m1/s1. The number of thiazole rings is 1. The van der Waals surface area contributed by atoms with Gasteiger partial charge in [-0.15, -0.1) is 5.10 Å². The Bertz CT molecular complexity index is 820. The average molecular weight is 343 g/mol. The van der Waals surface area contributed by atoms with Crippen LogP contribution < -0.4 is 4.90 Å². The zero-order chi connectivity index (χ0) is 16.5. The Morgan fingerprint density at radius 1 is 1.21 bits per heavy atom.